The molecule has 1 heterocycles. The summed E-state index contributed by atoms with van der Waals surface area (Å²) in [4.78, 5) is 3.62. The van der Waals surface area contributed by atoms with Crippen LogP contribution in [0.1, 0.15) is 31.3 Å². The molecule has 0 saturated carbocycles. The van der Waals surface area contributed by atoms with Gasteiger partial charge in [-0.1, -0.05) is 24.3 Å². The smallest absolute Gasteiger partial charge is 0.326 e. The highest BCUT2D eigenvalue weighted by Crippen LogP contribution is 2.30. The van der Waals surface area contributed by atoms with Gasteiger partial charge in [0.15, 0.2) is 5.82 Å². The van der Waals surface area contributed by atoms with Gasteiger partial charge in [0.2, 0.25) is 0 Å². The molecule has 4 nitrogen and oxygen atoms in total. The predicted molar refractivity (Wildman–Crippen MR) is 68.7 cm³/mol. The Kier molecular flexibility index (Phi) is 3.80. The van der Waals surface area contributed by atoms with Gasteiger partial charge in [0.1, 0.15) is 0 Å². The fourth-order valence-corrected chi connectivity index (χ4v) is 1.79. The van der Waals surface area contributed by atoms with Crippen LogP contribution in [0.15, 0.2) is 24.3 Å². The molecule has 1 aromatic heterocycles. The Bertz CT molecular complexity index is 585. The van der Waals surface area contributed by atoms with E-state index in [0.717, 1.165) is 5.56 Å². The zero-order chi connectivity index (χ0) is 14.9. The van der Waals surface area contributed by atoms with Gasteiger partial charge in [-0.25, -0.2) is 9.67 Å². The molecule has 0 radical (unpaired) electrons. The van der Waals surface area contributed by atoms with Gasteiger partial charge >= 0.3 is 6.18 Å². The van der Waals surface area contributed by atoms with E-state index in [2.05, 4.69) is 10.1 Å². The molecule has 1 aromatic carbocycles. The molecular weight excluding hydrogens is 269 g/mol. The van der Waals surface area contributed by atoms with Gasteiger partial charge in [0.05, 0.1) is 0 Å². The molecule has 0 spiro atoms. The van der Waals surface area contributed by atoms with Crippen LogP contribution in [0.5, 0.6) is 0 Å². The lowest BCUT2D eigenvalue weighted by Gasteiger charge is -2.09. The van der Waals surface area contributed by atoms with Gasteiger partial charge in [-0.05, 0) is 19.4 Å². The van der Waals surface area contributed by atoms with Gasteiger partial charge in [0.25, 0.3) is 5.82 Å². The Hall–Kier alpha value is -1.89. The molecule has 108 valence electrons. The van der Waals surface area contributed by atoms with Crippen molar-refractivity contribution < 1.29 is 13.2 Å². The summed E-state index contributed by atoms with van der Waals surface area (Å²) < 4.78 is 39.5. The van der Waals surface area contributed by atoms with Crippen LogP contribution >= 0.6 is 0 Å². The molecule has 2 aromatic rings. The van der Waals surface area contributed by atoms with E-state index in [-0.39, 0.29) is 11.9 Å². The van der Waals surface area contributed by atoms with E-state index in [1.54, 1.807) is 38.1 Å². The Morgan fingerprint density at radius 1 is 1.20 bits per heavy atom. The summed E-state index contributed by atoms with van der Waals surface area (Å²) in [5.74, 6) is -0.917. The molecule has 0 saturated heterocycles. The minimum atomic E-state index is -4.55. The third kappa shape index (κ3) is 2.82. The molecule has 0 aliphatic rings. The van der Waals surface area contributed by atoms with Crippen LogP contribution in [-0.4, -0.2) is 14.8 Å². The molecule has 0 aliphatic carbocycles. The van der Waals surface area contributed by atoms with E-state index in [1.165, 1.54) is 4.68 Å². The first-order valence-corrected chi connectivity index (χ1v) is 6.16. The van der Waals surface area contributed by atoms with E-state index in [1.807, 2.05) is 0 Å². The molecule has 0 aliphatic heterocycles. The maximum atomic E-state index is 12.7. The largest absolute Gasteiger partial charge is 0.453 e. The first-order chi connectivity index (χ1) is 9.32. The maximum Gasteiger partial charge on any atom is 0.453 e. The number of alkyl halides is 3. The summed E-state index contributed by atoms with van der Waals surface area (Å²) in [5, 5.41) is 3.56. The number of benzene rings is 1. The van der Waals surface area contributed by atoms with Crippen molar-refractivity contribution in [2.24, 2.45) is 5.73 Å². The average Bonchev–Trinajstić information content (AvgIpc) is 2.84. The van der Waals surface area contributed by atoms with Crippen molar-refractivity contribution >= 4 is 0 Å². The Labute approximate surface area is 114 Å². The topological polar surface area (TPSA) is 56.7 Å². The quantitative estimate of drug-likeness (QED) is 0.942. The van der Waals surface area contributed by atoms with E-state index in [0.29, 0.717) is 12.1 Å². The van der Waals surface area contributed by atoms with Crippen LogP contribution in [0.25, 0.3) is 11.4 Å². The monoisotopic (exact) mass is 284 g/mol. The molecule has 0 atom stereocenters. The fraction of sp³-hybridized carbons (Fsp3) is 0.385. The predicted octanol–water partition coefficient (Wildman–Crippen LogP) is 3.00. The van der Waals surface area contributed by atoms with Crippen molar-refractivity contribution in [3.63, 3.8) is 0 Å². The third-order valence-electron chi connectivity index (χ3n) is 2.82. The molecule has 0 fully saturated rings. The van der Waals surface area contributed by atoms with Crippen LogP contribution in [0.2, 0.25) is 0 Å². The van der Waals surface area contributed by atoms with Gasteiger partial charge in [-0.2, -0.15) is 13.2 Å². The summed E-state index contributed by atoms with van der Waals surface area (Å²) in [5.41, 5.74) is 6.98. The lowest BCUT2D eigenvalue weighted by Crippen LogP contribution is -2.10. The van der Waals surface area contributed by atoms with Crippen LogP contribution < -0.4 is 5.73 Å². The zero-order valence-electron chi connectivity index (χ0n) is 11.1. The Balaban J connectivity index is 2.50. The number of rotatable bonds is 3. The highest BCUT2D eigenvalue weighted by molar-refractivity contribution is 5.56. The minimum Gasteiger partial charge on any atom is -0.326 e. The van der Waals surface area contributed by atoms with E-state index >= 15 is 0 Å². The lowest BCUT2D eigenvalue weighted by molar-refractivity contribution is -0.145. The third-order valence-corrected chi connectivity index (χ3v) is 2.82. The maximum absolute atomic E-state index is 12.7. The first-order valence-electron chi connectivity index (χ1n) is 6.16. The summed E-state index contributed by atoms with van der Waals surface area (Å²) in [6.07, 6.45) is -4.55. The zero-order valence-corrected chi connectivity index (χ0v) is 11.1. The Morgan fingerprint density at radius 2 is 1.80 bits per heavy atom. The van der Waals surface area contributed by atoms with Gasteiger partial charge in [0, 0.05) is 18.2 Å². The highest BCUT2D eigenvalue weighted by Gasteiger charge is 2.37. The SMILES string of the molecule is CC(C)n1nc(C(F)(F)F)nc1-c1ccc(CN)cc1. The standard InChI is InChI=1S/C13H15F3N4/c1-8(2)20-11(18-12(19-20)13(14,15)16)10-5-3-9(7-17)4-6-10/h3-6,8H,7,17H2,1-2H3. The number of aromatic nitrogens is 3. The average molecular weight is 284 g/mol. The van der Waals surface area contributed by atoms with E-state index < -0.39 is 12.0 Å². The second kappa shape index (κ2) is 5.24. The van der Waals surface area contributed by atoms with Crippen LogP contribution in [0.4, 0.5) is 13.2 Å². The second-order valence-corrected chi connectivity index (χ2v) is 4.70. The molecule has 0 amide bonds. The summed E-state index contributed by atoms with van der Waals surface area (Å²) in [6, 6.07) is 6.71. The second-order valence-electron chi connectivity index (χ2n) is 4.70. The molecule has 20 heavy (non-hydrogen) atoms. The number of nitrogens with two attached hydrogens (primary N) is 1. The molecule has 0 bridgehead atoms. The number of nitrogens with zero attached hydrogens (tertiary/aromatic N) is 3. The summed E-state index contributed by atoms with van der Waals surface area (Å²) >= 11 is 0. The van der Waals surface area contributed by atoms with E-state index in [4.69, 9.17) is 5.73 Å². The van der Waals surface area contributed by atoms with Gasteiger partial charge in [-0.15, -0.1) is 5.10 Å². The van der Waals surface area contributed by atoms with Crippen molar-refractivity contribution in [2.75, 3.05) is 0 Å². The van der Waals surface area contributed by atoms with Crippen LogP contribution in [0.3, 0.4) is 0 Å². The van der Waals surface area contributed by atoms with Crippen molar-refractivity contribution in [1.29, 1.82) is 0 Å². The molecule has 7 heteroatoms. The van der Waals surface area contributed by atoms with Crippen LogP contribution in [-0.2, 0) is 12.7 Å². The van der Waals surface area contributed by atoms with Gasteiger partial charge < -0.3 is 5.73 Å². The highest BCUT2D eigenvalue weighted by atomic mass is 19.4. The molecule has 2 N–H and O–H groups in total. The molecule has 0 unspecified atom stereocenters. The van der Waals surface area contributed by atoms with Gasteiger partial charge in [-0.3, -0.25) is 0 Å². The van der Waals surface area contributed by atoms with Crippen molar-refractivity contribution in [3.8, 4) is 11.4 Å². The normalized spacial score (nSPS) is 12.2. The summed E-state index contributed by atoms with van der Waals surface area (Å²) in [6.45, 7) is 3.89. The summed E-state index contributed by atoms with van der Waals surface area (Å²) in [7, 11) is 0. The van der Waals surface area contributed by atoms with Crippen molar-refractivity contribution in [3.05, 3.63) is 35.7 Å². The molecular formula is C13H15F3N4. The Morgan fingerprint density at radius 3 is 2.25 bits per heavy atom. The van der Waals surface area contributed by atoms with Crippen molar-refractivity contribution in [1.82, 2.24) is 14.8 Å². The van der Waals surface area contributed by atoms with Crippen molar-refractivity contribution in [2.45, 2.75) is 32.6 Å². The number of halogens is 3. The van der Waals surface area contributed by atoms with E-state index in [9.17, 15) is 13.2 Å². The van der Waals surface area contributed by atoms with Crippen LogP contribution in [0, 0.1) is 0 Å². The lowest BCUT2D eigenvalue weighted by atomic mass is 10.1. The fourth-order valence-electron chi connectivity index (χ4n) is 1.79. The number of hydrogen-bond donors (Lipinski definition) is 1. The minimum absolute atomic E-state index is 0.205. The number of hydrogen-bond acceptors (Lipinski definition) is 3. The molecule has 2 rings (SSSR count). The first kappa shape index (κ1) is 14.5.